The molecule has 0 aliphatic heterocycles. The number of carbonyl (C=O) groups is 1. The molecule has 6 N–H and O–H groups in total. The minimum Gasteiger partial charge on any atom is -0.496 e. The van der Waals surface area contributed by atoms with Crippen molar-refractivity contribution in [3.05, 3.63) is 83.4 Å². The molecule has 3 rings (SSSR count). The molecule has 8 heteroatoms. The summed E-state index contributed by atoms with van der Waals surface area (Å²) in [7, 11) is 5.26. The van der Waals surface area contributed by atoms with Crippen molar-refractivity contribution in [3.63, 3.8) is 0 Å². The van der Waals surface area contributed by atoms with E-state index in [1.54, 1.807) is 25.3 Å². The normalized spacial score (nSPS) is 11.8. The molecule has 0 saturated carbocycles. The lowest BCUT2D eigenvalue weighted by Gasteiger charge is -2.25. The predicted molar refractivity (Wildman–Crippen MR) is 131 cm³/mol. The van der Waals surface area contributed by atoms with Crippen LogP contribution in [0.2, 0.25) is 0 Å². The summed E-state index contributed by atoms with van der Waals surface area (Å²) < 4.78 is 5.45. The Bertz CT molecular complexity index is 1130. The molecule has 0 aliphatic carbocycles. The second-order valence-electron chi connectivity index (χ2n) is 7.42. The topological polar surface area (TPSA) is 117 Å². The molecule has 0 fully saturated rings. The van der Waals surface area contributed by atoms with Gasteiger partial charge in [0.2, 0.25) is 5.91 Å². The number of rotatable bonds is 8. The summed E-state index contributed by atoms with van der Waals surface area (Å²) in [5.74, 6) is 0.419. The number of nitrogens with two attached hydrogens (primary N) is 2. The van der Waals surface area contributed by atoms with Crippen LogP contribution >= 0.6 is 11.9 Å². The second kappa shape index (κ2) is 10.3. The molecule has 3 aromatic carbocycles. The number of amides is 1. The third-order valence-electron chi connectivity index (χ3n) is 5.05. The maximum Gasteiger partial charge on any atom is 0.246 e. The predicted octanol–water partition coefficient (Wildman–Crippen LogP) is 3.90. The molecule has 1 unspecified atom stereocenters. The molecule has 0 radical (unpaired) electrons. The van der Waals surface area contributed by atoms with E-state index in [2.05, 4.69) is 5.32 Å². The van der Waals surface area contributed by atoms with Crippen molar-refractivity contribution < 1.29 is 9.53 Å². The van der Waals surface area contributed by atoms with Crippen LogP contribution in [-0.4, -0.2) is 37.7 Å². The summed E-state index contributed by atoms with van der Waals surface area (Å²) in [5, 5.41) is 17.2. The Morgan fingerprint density at radius 1 is 1.09 bits per heavy atom. The van der Waals surface area contributed by atoms with Crippen LogP contribution in [0.4, 0.5) is 11.4 Å². The van der Waals surface area contributed by atoms with E-state index < -0.39 is 6.04 Å². The van der Waals surface area contributed by atoms with Crippen molar-refractivity contribution in [2.45, 2.75) is 10.9 Å². The first kappa shape index (κ1) is 23.3. The highest BCUT2D eigenvalue weighted by atomic mass is 32.2. The van der Waals surface area contributed by atoms with Gasteiger partial charge < -0.3 is 15.8 Å². The van der Waals surface area contributed by atoms with Crippen LogP contribution in [0, 0.1) is 5.41 Å². The van der Waals surface area contributed by atoms with Crippen molar-refractivity contribution in [2.75, 3.05) is 32.3 Å². The van der Waals surface area contributed by atoms with E-state index in [0.29, 0.717) is 28.3 Å². The molecule has 3 aromatic rings. The number of nitrogens with one attached hydrogen (secondary N) is 2. The van der Waals surface area contributed by atoms with Crippen LogP contribution in [0.5, 0.6) is 5.75 Å². The minimum absolute atomic E-state index is 0.219. The van der Waals surface area contributed by atoms with Gasteiger partial charge in [-0.05, 0) is 62.4 Å². The standard InChI is InChI=1S/C24H27N5O2S/c1-29(2)23(18-9-4-5-10-21(18)31-3)24(30)28-16-11-12-20(25)19(14-16)22(26)15-7-6-8-17(13-15)32-27/h4-14,23,26H,25,27H2,1-3H3,(H,28,30). The van der Waals surface area contributed by atoms with Gasteiger partial charge in [-0.2, -0.15) is 0 Å². The molecule has 0 spiro atoms. The van der Waals surface area contributed by atoms with Crippen LogP contribution in [0.3, 0.4) is 0 Å². The molecular formula is C24H27N5O2S. The van der Waals surface area contributed by atoms with Crippen LogP contribution in [0.25, 0.3) is 0 Å². The zero-order valence-corrected chi connectivity index (χ0v) is 19.1. The fraction of sp³-hybridized carbons (Fsp3) is 0.167. The van der Waals surface area contributed by atoms with E-state index in [9.17, 15) is 4.79 Å². The first-order valence-electron chi connectivity index (χ1n) is 9.91. The molecule has 1 atom stereocenters. The molecule has 1 amide bonds. The lowest BCUT2D eigenvalue weighted by Crippen LogP contribution is -2.32. The van der Waals surface area contributed by atoms with Gasteiger partial charge in [-0.15, -0.1) is 0 Å². The third kappa shape index (κ3) is 5.11. The highest BCUT2D eigenvalue weighted by Gasteiger charge is 2.26. The van der Waals surface area contributed by atoms with E-state index in [1.807, 2.05) is 67.5 Å². The second-order valence-corrected chi connectivity index (χ2v) is 8.13. The average Bonchev–Trinajstić information content (AvgIpc) is 2.80. The summed E-state index contributed by atoms with van der Waals surface area (Å²) in [6.07, 6.45) is 0. The lowest BCUT2D eigenvalue weighted by atomic mass is 10.00. The van der Waals surface area contributed by atoms with Crippen LogP contribution in [-0.2, 0) is 4.79 Å². The smallest absolute Gasteiger partial charge is 0.246 e. The highest BCUT2D eigenvalue weighted by Crippen LogP contribution is 2.30. The molecule has 0 aliphatic rings. The summed E-state index contributed by atoms with van der Waals surface area (Å²) in [6, 6.07) is 19.4. The first-order valence-corrected chi connectivity index (χ1v) is 10.8. The Morgan fingerprint density at radius 3 is 2.53 bits per heavy atom. The van der Waals surface area contributed by atoms with Crippen molar-refractivity contribution in [2.24, 2.45) is 5.14 Å². The maximum absolute atomic E-state index is 13.2. The van der Waals surface area contributed by atoms with Gasteiger partial charge in [-0.25, -0.2) is 0 Å². The quantitative estimate of drug-likeness (QED) is 0.235. The van der Waals surface area contributed by atoms with Crippen LogP contribution < -0.4 is 20.9 Å². The molecule has 166 valence electrons. The Balaban J connectivity index is 1.90. The zero-order chi connectivity index (χ0) is 23.3. The van der Waals surface area contributed by atoms with Gasteiger partial charge in [0.25, 0.3) is 0 Å². The zero-order valence-electron chi connectivity index (χ0n) is 18.3. The van der Waals surface area contributed by atoms with E-state index in [0.717, 1.165) is 22.4 Å². The Hall–Kier alpha value is -3.33. The van der Waals surface area contributed by atoms with Gasteiger partial charge in [0.1, 0.15) is 11.8 Å². The monoisotopic (exact) mass is 449 g/mol. The highest BCUT2D eigenvalue weighted by molar-refractivity contribution is 7.97. The van der Waals surface area contributed by atoms with Gasteiger partial charge >= 0.3 is 0 Å². The van der Waals surface area contributed by atoms with Crippen LogP contribution in [0.1, 0.15) is 22.7 Å². The number of methoxy groups -OCH3 is 1. The van der Waals surface area contributed by atoms with E-state index in [4.69, 9.17) is 21.0 Å². The summed E-state index contributed by atoms with van der Waals surface area (Å²) in [5.41, 5.74) is 9.39. The number of para-hydroxylation sites is 1. The number of hydrogen-bond donors (Lipinski definition) is 4. The van der Waals surface area contributed by atoms with Gasteiger partial charge in [0.05, 0.1) is 12.8 Å². The molecule has 0 aromatic heterocycles. The Labute approximate surface area is 192 Å². The van der Waals surface area contributed by atoms with Crippen molar-refractivity contribution in [3.8, 4) is 5.75 Å². The number of benzene rings is 3. The molecule has 7 nitrogen and oxygen atoms in total. The number of hydrogen-bond acceptors (Lipinski definition) is 7. The molecule has 32 heavy (non-hydrogen) atoms. The molecule has 0 saturated heterocycles. The van der Waals surface area contributed by atoms with Gasteiger partial charge in [-0.3, -0.25) is 20.2 Å². The van der Waals surface area contributed by atoms with Crippen molar-refractivity contribution >= 4 is 34.9 Å². The van der Waals surface area contributed by atoms with Crippen molar-refractivity contribution in [1.82, 2.24) is 4.90 Å². The largest absolute Gasteiger partial charge is 0.496 e. The third-order valence-corrected chi connectivity index (χ3v) is 5.57. The fourth-order valence-electron chi connectivity index (χ4n) is 3.49. The van der Waals surface area contributed by atoms with Gasteiger partial charge in [0, 0.05) is 33.0 Å². The van der Waals surface area contributed by atoms with Crippen molar-refractivity contribution in [1.29, 1.82) is 5.41 Å². The van der Waals surface area contributed by atoms with E-state index >= 15 is 0 Å². The number of likely N-dealkylation sites (N-methyl/N-ethyl adjacent to an activating group) is 1. The number of ether oxygens (including phenoxy) is 1. The maximum atomic E-state index is 13.2. The average molecular weight is 450 g/mol. The molecule has 0 bridgehead atoms. The summed E-state index contributed by atoms with van der Waals surface area (Å²) in [6.45, 7) is 0. The van der Waals surface area contributed by atoms with E-state index in [-0.39, 0.29) is 11.6 Å². The first-order chi connectivity index (χ1) is 15.3. The fourth-order valence-corrected chi connectivity index (χ4v) is 3.84. The lowest BCUT2D eigenvalue weighted by molar-refractivity contribution is -0.120. The van der Waals surface area contributed by atoms with Gasteiger partial charge in [0.15, 0.2) is 0 Å². The minimum atomic E-state index is -0.565. The number of nitrogens with zero attached hydrogens (tertiary/aromatic N) is 1. The molecule has 0 heterocycles. The number of nitrogen functional groups attached to an aromatic ring is 1. The number of anilines is 2. The summed E-state index contributed by atoms with van der Waals surface area (Å²) in [4.78, 5) is 15.9. The summed E-state index contributed by atoms with van der Waals surface area (Å²) >= 11 is 1.12. The van der Waals surface area contributed by atoms with E-state index in [1.165, 1.54) is 0 Å². The van der Waals surface area contributed by atoms with Crippen LogP contribution in [0.15, 0.2) is 71.6 Å². The molecular weight excluding hydrogens is 422 g/mol. The number of carbonyl (C=O) groups excluding carboxylic acids is 1. The Morgan fingerprint density at radius 2 is 1.84 bits per heavy atom. The van der Waals surface area contributed by atoms with Gasteiger partial charge in [-0.1, -0.05) is 30.3 Å². The SMILES string of the molecule is COc1ccccc1C(C(=O)Nc1ccc(N)c(C(=N)c2cccc(SN)c2)c1)N(C)C. The Kier molecular flexibility index (Phi) is 7.53.